The van der Waals surface area contributed by atoms with E-state index in [1.807, 2.05) is 25.1 Å². The fourth-order valence-corrected chi connectivity index (χ4v) is 2.57. The molecule has 0 aliphatic heterocycles. The zero-order valence-corrected chi connectivity index (χ0v) is 13.4. The second kappa shape index (κ2) is 7.00. The van der Waals surface area contributed by atoms with Crippen LogP contribution in [0, 0.1) is 11.6 Å². The summed E-state index contributed by atoms with van der Waals surface area (Å²) in [6.45, 7) is 2.64. The van der Waals surface area contributed by atoms with Gasteiger partial charge in [-0.2, -0.15) is 0 Å². The van der Waals surface area contributed by atoms with Crippen LogP contribution in [-0.2, 0) is 0 Å². The average molecular weight is 356 g/mol. The molecule has 0 heterocycles. The maximum atomic E-state index is 13.5. The second-order valence-corrected chi connectivity index (χ2v) is 5.47. The first kappa shape index (κ1) is 15.9. The molecule has 0 radical (unpaired) electrons. The molecule has 5 heteroatoms. The Balaban J connectivity index is 2.50. The van der Waals surface area contributed by atoms with Gasteiger partial charge in [-0.15, -0.1) is 0 Å². The quantitative estimate of drug-likeness (QED) is 0.856. The van der Waals surface area contributed by atoms with E-state index in [1.54, 1.807) is 13.2 Å². The Labute approximate surface area is 131 Å². The van der Waals surface area contributed by atoms with Gasteiger partial charge in [0, 0.05) is 10.0 Å². The van der Waals surface area contributed by atoms with Gasteiger partial charge >= 0.3 is 0 Å². The summed E-state index contributed by atoms with van der Waals surface area (Å²) < 4.78 is 32.9. The highest BCUT2D eigenvalue weighted by atomic mass is 79.9. The summed E-state index contributed by atoms with van der Waals surface area (Å²) in [6.07, 6.45) is 0. The summed E-state index contributed by atoms with van der Waals surface area (Å²) in [5.41, 5.74) is 1.52. The van der Waals surface area contributed by atoms with E-state index in [2.05, 4.69) is 21.2 Å². The van der Waals surface area contributed by atoms with Gasteiger partial charge in [0.25, 0.3) is 0 Å². The number of rotatable bonds is 5. The molecule has 21 heavy (non-hydrogen) atoms. The van der Waals surface area contributed by atoms with Crippen molar-refractivity contribution in [1.82, 2.24) is 5.32 Å². The van der Waals surface area contributed by atoms with Crippen molar-refractivity contribution in [1.29, 1.82) is 0 Å². The number of halogens is 3. The van der Waals surface area contributed by atoms with Crippen LogP contribution in [0.1, 0.15) is 24.1 Å². The predicted molar refractivity (Wildman–Crippen MR) is 82.6 cm³/mol. The molecule has 0 spiro atoms. The third kappa shape index (κ3) is 3.60. The highest BCUT2D eigenvalue weighted by Gasteiger charge is 2.19. The summed E-state index contributed by atoms with van der Waals surface area (Å²) in [6, 6.07) is 9.30. The van der Waals surface area contributed by atoms with Crippen LogP contribution >= 0.6 is 15.9 Å². The monoisotopic (exact) mass is 355 g/mol. The van der Waals surface area contributed by atoms with Crippen LogP contribution in [0.15, 0.2) is 40.9 Å². The summed E-state index contributed by atoms with van der Waals surface area (Å²) in [5, 5.41) is 3.27. The Morgan fingerprint density at radius 2 is 1.90 bits per heavy atom. The normalized spacial score (nSPS) is 12.2. The van der Waals surface area contributed by atoms with E-state index in [0.29, 0.717) is 17.9 Å². The molecular weight excluding hydrogens is 340 g/mol. The summed E-state index contributed by atoms with van der Waals surface area (Å²) in [5.74, 6) is -1.02. The highest BCUT2D eigenvalue weighted by molar-refractivity contribution is 9.10. The van der Waals surface area contributed by atoms with E-state index >= 15 is 0 Å². The Kier molecular flexibility index (Phi) is 5.31. The van der Waals surface area contributed by atoms with E-state index in [0.717, 1.165) is 16.1 Å². The molecular formula is C16H16BrF2NO. The van der Waals surface area contributed by atoms with Crippen molar-refractivity contribution in [3.63, 3.8) is 0 Å². The molecule has 2 aromatic rings. The van der Waals surface area contributed by atoms with E-state index in [9.17, 15) is 8.78 Å². The van der Waals surface area contributed by atoms with Crippen LogP contribution < -0.4 is 10.1 Å². The number of ether oxygens (including phenoxy) is 1. The van der Waals surface area contributed by atoms with Crippen LogP contribution in [0.4, 0.5) is 8.78 Å². The van der Waals surface area contributed by atoms with E-state index in [-0.39, 0.29) is 6.04 Å². The number of hydrogen-bond acceptors (Lipinski definition) is 2. The van der Waals surface area contributed by atoms with Crippen LogP contribution in [0.25, 0.3) is 0 Å². The van der Waals surface area contributed by atoms with Gasteiger partial charge < -0.3 is 10.1 Å². The molecule has 2 nitrogen and oxygen atoms in total. The largest absolute Gasteiger partial charge is 0.496 e. The van der Waals surface area contributed by atoms with Gasteiger partial charge in [-0.05, 0) is 36.4 Å². The van der Waals surface area contributed by atoms with Crippen molar-refractivity contribution >= 4 is 15.9 Å². The third-order valence-corrected chi connectivity index (χ3v) is 3.69. The van der Waals surface area contributed by atoms with Crippen molar-refractivity contribution in [2.45, 2.75) is 13.0 Å². The molecule has 0 fully saturated rings. The zero-order valence-electron chi connectivity index (χ0n) is 11.8. The van der Waals surface area contributed by atoms with Crippen LogP contribution in [0.2, 0.25) is 0 Å². The van der Waals surface area contributed by atoms with Crippen molar-refractivity contribution in [2.75, 3.05) is 13.7 Å². The Morgan fingerprint density at radius 3 is 2.52 bits per heavy atom. The summed E-state index contributed by atoms with van der Waals surface area (Å²) in [7, 11) is 1.58. The number of benzene rings is 2. The molecule has 0 aromatic heterocycles. The number of hydrogen-bond donors (Lipinski definition) is 1. The minimum absolute atomic E-state index is 0.270. The Morgan fingerprint density at radius 1 is 1.14 bits per heavy atom. The first-order valence-electron chi connectivity index (χ1n) is 6.58. The van der Waals surface area contributed by atoms with E-state index in [4.69, 9.17) is 4.74 Å². The molecule has 0 saturated carbocycles. The molecule has 0 saturated heterocycles. The average Bonchev–Trinajstić information content (AvgIpc) is 2.48. The summed E-state index contributed by atoms with van der Waals surface area (Å²) in [4.78, 5) is 0. The first-order valence-corrected chi connectivity index (χ1v) is 7.38. The second-order valence-electron chi connectivity index (χ2n) is 4.55. The lowest BCUT2D eigenvalue weighted by molar-refractivity contribution is 0.404. The minimum atomic E-state index is -0.855. The lowest BCUT2D eigenvalue weighted by atomic mass is 9.97. The van der Waals surface area contributed by atoms with Crippen molar-refractivity contribution in [3.05, 3.63) is 63.6 Å². The number of methoxy groups -OCH3 is 1. The molecule has 112 valence electrons. The Bertz CT molecular complexity index is 634. The van der Waals surface area contributed by atoms with Gasteiger partial charge in [-0.3, -0.25) is 0 Å². The van der Waals surface area contributed by atoms with Gasteiger partial charge in [-0.25, -0.2) is 8.78 Å². The predicted octanol–water partition coefficient (Wildman–Crippen LogP) is 4.43. The first-order chi connectivity index (χ1) is 10.1. The smallest absolute Gasteiger partial charge is 0.159 e. The topological polar surface area (TPSA) is 21.3 Å². The molecule has 2 rings (SSSR count). The molecule has 0 aliphatic rings. The fraction of sp³-hybridized carbons (Fsp3) is 0.250. The van der Waals surface area contributed by atoms with Crippen LogP contribution in [0.3, 0.4) is 0 Å². The van der Waals surface area contributed by atoms with Gasteiger partial charge in [0.1, 0.15) is 5.75 Å². The lowest BCUT2D eigenvalue weighted by Gasteiger charge is -2.21. The third-order valence-electron chi connectivity index (χ3n) is 3.19. The van der Waals surface area contributed by atoms with Gasteiger partial charge in [0.05, 0.1) is 13.2 Å². The van der Waals surface area contributed by atoms with Crippen LogP contribution in [0.5, 0.6) is 5.75 Å². The van der Waals surface area contributed by atoms with Crippen LogP contribution in [-0.4, -0.2) is 13.7 Å². The van der Waals surface area contributed by atoms with E-state index < -0.39 is 11.6 Å². The SMILES string of the molecule is CCNC(c1ccc(F)c(F)c1)c1ccc(Br)cc1OC. The molecule has 2 aromatic carbocycles. The van der Waals surface area contributed by atoms with Gasteiger partial charge in [0.2, 0.25) is 0 Å². The molecule has 1 unspecified atom stereocenters. The maximum Gasteiger partial charge on any atom is 0.159 e. The maximum absolute atomic E-state index is 13.5. The lowest BCUT2D eigenvalue weighted by Crippen LogP contribution is -2.22. The van der Waals surface area contributed by atoms with Crippen molar-refractivity contribution in [3.8, 4) is 5.75 Å². The number of nitrogens with one attached hydrogen (secondary N) is 1. The standard InChI is InChI=1S/C16H16BrF2NO/c1-3-20-16(10-4-7-13(18)14(19)8-10)12-6-5-11(17)9-15(12)21-2/h4-9,16,20H,3H2,1-2H3. The van der Waals surface area contributed by atoms with Gasteiger partial charge in [0.15, 0.2) is 11.6 Å². The zero-order chi connectivity index (χ0) is 15.4. The highest BCUT2D eigenvalue weighted by Crippen LogP contribution is 2.32. The molecule has 0 bridgehead atoms. The van der Waals surface area contributed by atoms with E-state index in [1.165, 1.54) is 6.07 Å². The molecule has 0 aliphatic carbocycles. The van der Waals surface area contributed by atoms with Gasteiger partial charge in [-0.1, -0.05) is 35.0 Å². The molecule has 1 N–H and O–H groups in total. The molecule has 0 amide bonds. The van der Waals surface area contributed by atoms with Crippen molar-refractivity contribution in [2.24, 2.45) is 0 Å². The van der Waals surface area contributed by atoms with Crippen molar-refractivity contribution < 1.29 is 13.5 Å². The summed E-state index contributed by atoms with van der Waals surface area (Å²) >= 11 is 3.39. The minimum Gasteiger partial charge on any atom is -0.496 e. The fourth-order valence-electron chi connectivity index (χ4n) is 2.23. The molecule has 1 atom stereocenters. The Hall–Kier alpha value is -1.46.